The Morgan fingerprint density at radius 1 is 1.41 bits per heavy atom. The molecule has 0 spiro atoms. The lowest BCUT2D eigenvalue weighted by Crippen LogP contribution is -2.55. The minimum absolute atomic E-state index is 0.0146. The number of nitrogens with two attached hydrogens (primary N) is 1. The SMILES string of the molecule is CC(NC(=O)C(CS)NC(=O)C(N)Cc1cnc[nH]1)C(=O)O. The standard InChI is InChI=1S/C12H19N5O4S/c1-6(12(20)21)16-11(19)9(4-22)17-10(18)8(13)2-7-3-14-5-15-7/h3,5-6,8-9,22H,2,4,13H2,1H3,(H,14,15)(H,16,19)(H,17,18)(H,20,21). The van der Waals surface area contributed by atoms with Crippen molar-refractivity contribution in [2.45, 2.75) is 31.5 Å². The molecule has 0 saturated heterocycles. The number of thiol groups is 1. The van der Waals surface area contributed by atoms with Crippen LogP contribution in [0.1, 0.15) is 12.6 Å². The minimum Gasteiger partial charge on any atom is -0.480 e. The van der Waals surface area contributed by atoms with Crippen LogP contribution in [-0.2, 0) is 20.8 Å². The number of carbonyl (C=O) groups excluding carboxylic acids is 2. The van der Waals surface area contributed by atoms with E-state index in [1.165, 1.54) is 13.3 Å². The number of rotatable bonds is 8. The third-order valence-corrected chi connectivity index (χ3v) is 3.24. The van der Waals surface area contributed by atoms with E-state index in [2.05, 4.69) is 33.2 Å². The number of aromatic amines is 1. The lowest BCUT2D eigenvalue weighted by molar-refractivity contribution is -0.141. The van der Waals surface area contributed by atoms with E-state index in [1.807, 2.05) is 0 Å². The van der Waals surface area contributed by atoms with Crippen molar-refractivity contribution >= 4 is 30.4 Å². The van der Waals surface area contributed by atoms with E-state index in [1.54, 1.807) is 6.20 Å². The highest BCUT2D eigenvalue weighted by Gasteiger charge is 2.25. The smallest absolute Gasteiger partial charge is 0.325 e. The number of aliphatic carboxylic acids is 1. The molecule has 0 aromatic carbocycles. The molecular weight excluding hydrogens is 310 g/mol. The van der Waals surface area contributed by atoms with Gasteiger partial charge in [-0.2, -0.15) is 12.6 Å². The molecular formula is C12H19N5O4S. The highest BCUT2D eigenvalue weighted by molar-refractivity contribution is 7.80. The number of nitrogens with zero attached hydrogens (tertiary/aromatic N) is 1. The van der Waals surface area contributed by atoms with E-state index in [-0.39, 0.29) is 12.2 Å². The second-order valence-corrected chi connectivity index (χ2v) is 5.06. The van der Waals surface area contributed by atoms with E-state index in [9.17, 15) is 14.4 Å². The van der Waals surface area contributed by atoms with Crippen LogP contribution in [-0.4, -0.2) is 56.7 Å². The summed E-state index contributed by atoms with van der Waals surface area (Å²) >= 11 is 3.98. The van der Waals surface area contributed by atoms with Crippen molar-refractivity contribution in [1.29, 1.82) is 0 Å². The van der Waals surface area contributed by atoms with E-state index in [4.69, 9.17) is 10.8 Å². The first-order chi connectivity index (χ1) is 10.3. The Hall–Kier alpha value is -2.07. The van der Waals surface area contributed by atoms with Crippen molar-refractivity contribution in [3.8, 4) is 0 Å². The van der Waals surface area contributed by atoms with E-state index in [0.717, 1.165) is 0 Å². The van der Waals surface area contributed by atoms with E-state index < -0.39 is 35.9 Å². The maximum absolute atomic E-state index is 12.0. The summed E-state index contributed by atoms with van der Waals surface area (Å²) in [5, 5.41) is 13.5. The van der Waals surface area contributed by atoms with Crippen LogP contribution in [0.5, 0.6) is 0 Å². The van der Waals surface area contributed by atoms with Gasteiger partial charge in [-0.15, -0.1) is 0 Å². The van der Waals surface area contributed by atoms with Crippen molar-refractivity contribution in [2.75, 3.05) is 5.75 Å². The second-order valence-electron chi connectivity index (χ2n) is 4.70. The van der Waals surface area contributed by atoms with Gasteiger partial charge in [0.25, 0.3) is 0 Å². The highest BCUT2D eigenvalue weighted by atomic mass is 32.1. The van der Waals surface area contributed by atoms with Crippen LogP contribution in [0.2, 0.25) is 0 Å². The van der Waals surface area contributed by atoms with Gasteiger partial charge in [0, 0.05) is 24.1 Å². The van der Waals surface area contributed by atoms with Gasteiger partial charge in [-0.25, -0.2) is 4.98 Å². The lowest BCUT2D eigenvalue weighted by atomic mass is 10.1. The summed E-state index contributed by atoms with van der Waals surface area (Å²) in [4.78, 5) is 41.2. The van der Waals surface area contributed by atoms with Crippen molar-refractivity contribution in [2.24, 2.45) is 5.73 Å². The van der Waals surface area contributed by atoms with Crippen LogP contribution in [0.15, 0.2) is 12.5 Å². The first kappa shape index (κ1) is 18.0. The Kier molecular flexibility index (Phi) is 6.86. The lowest BCUT2D eigenvalue weighted by Gasteiger charge is -2.20. The molecule has 0 aliphatic rings. The summed E-state index contributed by atoms with van der Waals surface area (Å²) in [6, 6.07) is -2.90. The number of carbonyl (C=O) groups is 3. The average Bonchev–Trinajstić information content (AvgIpc) is 2.96. The Labute approximate surface area is 132 Å². The zero-order valence-corrected chi connectivity index (χ0v) is 12.8. The first-order valence-corrected chi connectivity index (χ1v) is 7.15. The number of H-pyrrole nitrogens is 1. The maximum atomic E-state index is 12.0. The summed E-state index contributed by atoms with van der Waals surface area (Å²) < 4.78 is 0. The van der Waals surface area contributed by atoms with Crippen molar-refractivity contribution in [3.63, 3.8) is 0 Å². The number of carboxylic acids is 1. The fourth-order valence-electron chi connectivity index (χ4n) is 1.57. The summed E-state index contributed by atoms with van der Waals surface area (Å²) in [5.74, 6) is -2.33. The number of nitrogens with one attached hydrogen (secondary N) is 3. The summed E-state index contributed by atoms with van der Waals surface area (Å²) in [6.45, 7) is 1.32. The normalized spacial score (nSPS) is 14.7. The zero-order valence-electron chi connectivity index (χ0n) is 11.9. The molecule has 9 nitrogen and oxygen atoms in total. The highest BCUT2D eigenvalue weighted by Crippen LogP contribution is 1.98. The van der Waals surface area contributed by atoms with Gasteiger partial charge in [0.1, 0.15) is 12.1 Å². The Balaban J connectivity index is 2.55. The number of imidazole rings is 1. The van der Waals surface area contributed by atoms with Crippen LogP contribution < -0.4 is 16.4 Å². The fraction of sp³-hybridized carbons (Fsp3) is 0.500. The molecule has 0 radical (unpaired) electrons. The van der Waals surface area contributed by atoms with Crippen molar-refractivity contribution < 1.29 is 19.5 Å². The molecule has 0 saturated carbocycles. The molecule has 1 rings (SSSR count). The van der Waals surface area contributed by atoms with E-state index >= 15 is 0 Å². The predicted octanol–water partition coefficient (Wildman–Crippen LogP) is -1.72. The zero-order chi connectivity index (χ0) is 16.7. The third-order valence-electron chi connectivity index (χ3n) is 2.88. The van der Waals surface area contributed by atoms with E-state index in [0.29, 0.717) is 5.69 Å². The van der Waals surface area contributed by atoms with Crippen LogP contribution in [0.4, 0.5) is 0 Å². The topological polar surface area (TPSA) is 150 Å². The molecule has 0 aliphatic heterocycles. The number of amides is 2. The van der Waals surface area contributed by atoms with Gasteiger partial charge in [-0.1, -0.05) is 0 Å². The molecule has 22 heavy (non-hydrogen) atoms. The van der Waals surface area contributed by atoms with Gasteiger partial charge in [-0.05, 0) is 6.92 Å². The van der Waals surface area contributed by atoms with Crippen LogP contribution in [0.25, 0.3) is 0 Å². The largest absolute Gasteiger partial charge is 0.480 e. The van der Waals surface area contributed by atoms with Gasteiger partial charge in [0.05, 0.1) is 12.4 Å². The first-order valence-electron chi connectivity index (χ1n) is 6.52. The molecule has 3 atom stereocenters. The summed E-state index contributed by atoms with van der Waals surface area (Å²) in [7, 11) is 0. The van der Waals surface area contributed by atoms with Gasteiger partial charge < -0.3 is 26.5 Å². The fourth-order valence-corrected chi connectivity index (χ4v) is 1.83. The van der Waals surface area contributed by atoms with Crippen LogP contribution in [0.3, 0.4) is 0 Å². The van der Waals surface area contributed by atoms with Crippen molar-refractivity contribution in [1.82, 2.24) is 20.6 Å². The molecule has 0 fully saturated rings. The third kappa shape index (κ3) is 5.37. The van der Waals surface area contributed by atoms with Crippen molar-refractivity contribution in [3.05, 3.63) is 18.2 Å². The number of hydrogen-bond donors (Lipinski definition) is 6. The predicted molar refractivity (Wildman–Crippen MR) is 81.3 cm³/mol. The minimum atomic E-state index is -1.17. The Morgan fingerprint density at radius 2 is 2.09 bits per heavy atom. The quantitative estimate of drug-likeness (QED) is 0.312. The number of carboxylic acid groups (broad SMARTS) is 1. The van der Waals surface area contributed by atoms with Gasteiger partial charge in [0.2, 0.25) is 11.8 Å². The van der Waals surface area contributed by atoms with Gasteiger partial charge >= 0.3 is 5.97 Å². The molecule has 10 heteroatoms. The molecule has 1 heterocycles. The summed E-state index contributed by atoms with van der Waals surface area (Å²) in [5.41, 5.74) is 6.44. The molecule has 1 aromatic rings. The molecule has 0 aliphatic carbocycles. The average molecular weight is 329 g/mol. The monoisotopic (exact) mass is 329 g/mol. The number of aromatic nitrogens is 2. The van der Waals surface area contributed by atoms with Gasteiger partial charge in [-0.3, -0.25) is 14.4 Å². The van der Waals surface area contributed by atoms with Crippen LogP contribution >= 0.6 is 12.6 Å². The maximum Gasteiger partial charge on any atom is 0.325 e. The van der Waals surface area contributed by atoms with Crippen LogP contribution in [0, 0.1) is 0 Å². The molecule has 2 amide bonds. The molecule has 0 bridgehead atoms. The second kappa shape index (κ2) is 8.39. The number of hydrogen-bond acceptors (Lipinski definition) is 6. The Bertz CT molecular complexity index is 522. The van der Waals surface area contributed by atoms with Gasteiger partial charge in [0.15, 0.2) is 0 Å². The Morgan fingerprint density at radius 3 is 2.59 bits per heavy atom. The molecule has 1 aromatic heterocycles. The summed E-state index contributed by atoms with van der Waals surface area (Å²) in [6.07, 6.45) is 3.25. The molecule has 122 valence electrons. The molecule has 6 N–H and O–H groups in total. The molecule has 3 unspecified atom stereocenters.